The maximum Gasteiger partial charge on any atom is 0.326 e. The van der Waals surface area contributed by atoms with E-state index in [1.165, 1.54) is 0 Å². The molecule has 0 aromatic heterocycles. The number of likely N-dealkylation sites (tertiary alicyclic amines) is 1. The Bertz CT molecular complexity index is 314. The Morgan fingerprint density at radius 2 is 1.95 bits per heavy atom. The topological polar surface area (TPSA) is 89.9 Å². The molecule has 1 aliphatic heterocycles. The summed E-state index contributed by atoms with van der Waals surface area (Å²) in [7, 11) is 0. The molecule has 6 heteroatoms. The van der Waals surface area contributed by atoms with Crippen molar-refractivity contribution in [3.8, 4) is 0 Å². The Morgan fingerprint density at radius 3 is 2.37 bits per heavy atom. The molecule has 19 heavy (non-hydrogen) atoms. The van der Waals surface area contributed by atoms with Crippen LogP contribution in [0.3, 0.4) is 0 Å². The fraction of sp³-hybridized carbons (Fsp3) is 0.846. The average molecular weight is 272 g/mol. The fourth-order valence-corrected chi connectivity index (χ4v) is 2.23. The van der Waals surface area contributed by atoms with Crippen LogP contribution >= 0.6 is 0 Å². The monoisotopic (exact) mass is 272 g/mol. The number of hydrogen-bond donors (Lipinski definition) is 3. The first-order valence-electron chi connectivity index (χ1n) is 6.88. The number of carbonyl (C=O) groups excluding carboxylic acids is 1. The third-order valence-corrected chi connectivity index (χ3v) is 3.92. The van der Waals surface area contributed by atoms with E-state index in [4.69, 9.17) is 10.2 Å². The SMILES string of the molecule is CCC(C)[C@H](NC(=O)N1CCC(CO)CC1)C(=O)O. The van der Waals surface area contributed by atoms with Gasteiger partial charge < -0.3 is 20.4 Å². The number of carboxylic acids is 1. The first-order valence-corrected chi connectivity index (χ1v) is 6.88. The standard InChI is InChI=1S/C13H24N2O4/c1-3-9(2)11(12(17)18)14-13(19)15-6-4-10(8-16)5-7-15/h9-11,16H,3-8H2,1-2H3,(H,14,19)(H,17,18)/t9?,11-/m0/s1. The minimum absolute atomic E-state index is 0.101. The lowest BCUT2D eigenvalue weighted by molar-refractivity contribution is -0.140. The van der Waals surface area contributed by atoms with E-state index < -0.39 is 12.0 Å². The second-order valence-electron chi connectivity index (χ2n) is 5.26. The van der Waals surface area contributed by atoms with Crippen LogP contribution in [0.2, 0.25) is 0 Å². The van der Waals surface area contributed by atoms with Crippen molar-refractivity contribution in [2.24, 2.45) is 11.8 Å². The van der Waals surface area contributed by atoms with E-state index in [-0.39, 0.29) is 24.5 Å². The summed E-state index contributed by atoms with van der Waals surface area (Å²) in [5.41, 5.74) is 0. The van der Waals surface area contributed by atoms with Crippen molar-refractivity contribution in [3.05, 3.63) is 0 Å². The van der Waals surface area contributed by atoms with Gasteiger partial charge in [-0.2, -0.15) is 0 Å². The summed E-state index contributed by atoms with van der Waals surface area (Å²) in [5.74, 6) is -0.835. The summed E-state index contributed by atoms with van der Waals surface area (Å²) in [6.45, 7) is 5.02. The van der Waals surface area contributed by atoms with E-state index in [0.717, 1.165) is 12.8 Å². The summed E-state index contributed by atoms with van der Waals surface area (Å²) in [6, 6.07) is -1.16. The third kappa shape index (κ3) is 4.38. The molecule has 1 aliphatic rings. The highest BCUT2D eigenvalue weighted by Gasteiger charge is 2.29. The molecule has 0 radical (unpaired) electrons. The number of piperidine rings is 1. The molecule has 2 atom stereocenters. The lowest BCUT2D eigenvalue weighted by Gasteiger charge is -2.32. The van der Waals surface area contributed by atoms with Crippen LogP contribution in [0.25, 0.3) is 0 Å². The van der Waals surface area contributed by atoms with Crippen LogP contribution in [-0.2, 0) is 4.79 Å². The maximum absolute atomic E-state index is 12.0. The molecular formula is C13H24N2O4. The minimum Gasteiger partial charge on any atom is -0.480 e. The molecule has 1 fully saturated rings. The lowest BCUT2D eigenvalue weighted by Crippen LogP contribution is -2.52. The summed E-state index contributed by atoms with van der Waals surface area (Å²) in [4.78, 5) is 24.8. The molecule has 1 unspecified atom stereocenters. The third-order valence-electron chi connectivity index (χ3n) is 3.92. The minimum atomic E-state index is -0.993. The van der Waals surface area contributed by atoms with E-state index in [1.54, 1.807) is 4.90 Å². The average Bonchev–Trinajstić information content (AvgIpc) is 2.43. The molecule has 1 rings (SSSR count). The van der Waals surface area contributed by atoms with Gasteiger partial charge >= 0.3 is 12.0 Å². The predicted molar refractivity (Wildman–Crippen MR) is 70.8 cm³/mol. The predicted octanol–water partition coefficient (Wildman–Crippen LogP) is 0.900. The number of aliphatic hydroxyl groups excluding tert-OH is 1. The number of aliphatic carboxylic acids is 1. The van der Waals surface area contributed by atoms with E-state index in [0.29, 0.717) is 19.5 Å². The van der Waals surface area contributed by atoms with Crippen LogP contribution in [0, 0.1) is 11.8 Å². The Hall–Kier alpha value is -1.30. The number of amides is 2. The molecule has 3 N–H and O–H groups in total. The first-order chi connectivity index (χ1) is 8.99. The second-order valence-corrected chi connectivity index (χ2v) is 5.26. The number of nitrogens with zero attached hydrogens (tertiary/aromatic N) is 1. The zero-order chi connectivity index (χ0) is 14.4. The summed E-state index contributed by atoms with van der Waals surface area (Å²) < 4.78 is 0. The van der Waals surface area contributed by atoms with Crippen LogP contribution in [0.15, 0.2) is 0 Å². The number of nitrogens with one attached hydrogen (secondary N) is 1. The lowest BCUT2D eigenvalue weighted by atomic mass is 9.97. The van der Waals surface area contributed by atoms with Gasteiger partial charge in [0.15, 0.2) is 0 Å². The van der Waals surface area contributed by atoms with Crippen LogP contribution in [0.4, 0.5) is 4.79 Å². The van der Waals surface area contributed by atoms with E-state index >= 15 is 0 Å². The Balaban J connectivity index is 2.51. The fourth-order valence-electron chi connectivity index (χ4n) is 2.23. The van der Waals surface area contributed by atoms with Crippen LogP contribution in [0.1, 0.15) is 33.1 Å². The number of carbonyl (C=O) groups is 2. The van der Waals surface area contributed by atoms with Gasteiger partial charge in [0.2, 0.25) is 0 Å². The molecule has 110 valence electrons. The van der Waals surface area contributed by atoms with Crippen molar-refractivity contribution >= 4 is 12.0 Å². The number of urea groups is 1. The number of carboxylic acid groups (broad SMARTS) is 1. The number of rotatable bonds is 5. The Labute approximate surface area is 113 Å². The zero-order valence-corrected chi connectivity index (χ0v) is 11.6. The largest absolute Gasteiger partial charge is 0.480 e. The summed E-state index contributed by atoms with van der Waals surface area (Å²) in [5, 5.41) is 20.8. The highest BCUT2D eigenvalue weighted by molar-refractivity contribution is 5.82. The van der Waals surface area contributed by atoms with Gasteiger partial charge in [-0.15, -0.1) is 0 Å². The Kier molecular flexibility index (Phi) is 6.08. The molecule has 0 aromatic rings. The molecule has 0 bridgehead atoms. The molecule has 6 nitrogen and oxygen atoms in total. The number of hydrogen-bond acceptors (Lipinski definition) is 3. The maximum atomic E-state index is 12.0. The van der Waals surface area contributed by atoms with Gasteiger partial charge in [0.05, 0.1) is 0 Å². The van der Waals surface area contributed by atoms with Crippen molar-refractivity contribution < 1.29 is 19.8 Å². The van der Waals surface area contributed by atoms with Crippen LogP contribution in [0.5, 0.6) is 0 Å². The molecular weight excluding hydrogens is 248 g/mol. The number of aliphatic hydroxyl groups is 1. The Morgan fingerprint density at radius 1 is 1.37 bits per heavy atom. The van der Waals surface area contributed by atoms with Gasteiger partial charge in [-0.3, -0.25) is 0 Å². The van der Waals surface area contributed by atoms with Crippen LogP contribution < -0.4 is 5.32 Å². The highest BCUT2D eigenvalue weighted by atomic mass is 16.4. The van der Waals surface area contributed by atoms with Gasteiger partial charge in [0.25, 0.3) is 0 Å². The molecule has 0 saturated carbocycles. The molecule has 1 saturated heterocycles. The smallest absolute Gasteiger partial charge is 0.326 e. The van der Waals surface area contributed by atoms with Crippen LogP contribution in [-0.4, -0.2) is 52.9 Å². The molecule has 0 spiro atoms. The van der Waals surface area contributed by atoms with Gasteiger partial charge in [-0.05, 0) is 24.7 Å². The van der Waals surface area contributed by atoms with Crippen molar-refractivity contribution in [1.29, 1.82) is 0 Å². The first kappa shape index (κ1) is 15.8. The van der Waals surface area contributed by atoms with Crippen molar-refractivity contribution in [2.75, 3.05) is 19.7 Å². The summed E-state index contributed by atoms with van der Waals surface area (Å²) in [6.07, 6.45) is 2.24. The molecule has 2 amide bonds. The van der Waals surface area contributed by atoms with Gasteiger partial charge in [-0.1, -0.05) is 20.3 Å². The van der Waals surface area contributed by atoms with Crippen molar-refractivity contribution in [2.45, 2.75) is 39.2 Å². The zero-order valence-electron chi connectivity index (χ0n) is 11.6. The normalized spacial score (nSPS) is 19.8. The second kappa shape index (κ2) is 7.33. The van der Waals surface area contributed by atoms with E-state index in [2.05, 4.69) is 5.32 Å². The van der Waals surface area contributed by atoms with E-state index in [9.17, 15) is 9.59 Å². The molecule has 0 aliphatic carbocycles. The molecule has 1 heterocycles. The van der Waals surface area contributed by atoms with Gasteiger partial charge in [-0.25, -0.2) is 9.59 Å². The van der Waals surface area contributed by atoms with Gasteiger partial charge in [0.1, 0.15) is 6.04 Å². The van der Waals surface area contributed by atoms with Crippen molar-refractivity contribution in [1.82, 2.24) is 10.2 Å². The highest BCUT2D eigenvalue weighted by Crippen LogP contribution is 2.17. The van der Waals surface area contributed by atoms with E-state index in [1.807, 2.05) is 13.8 Å². The molecule has 0 aromatic carbocycles. The van der Waals surface area contributed by atoms with Crippen molar-refractivity contribution in [3.63, 3.8) is 0 Å². The van der Waals surface area contributed by atoms with Gasteiger partial charge in [0, 0.05) is 19.7 Å². The summed E-state index contributed by atoms with van der Waals surface area (Å²) >= 11 is 0. The quantitative estimate of drug-likeness (QED) is 0.693.